The van der Waals surface area contributed by atoms with Crippen LogP contribution in [0.3, 0.4) is 0 Å². The highest BCUT2D eigenvalue weighted by Crippen LogP contribution is 2.23. The molecule has 2 rings (SSSR count). The molecule has 1 fully saturated rings. The highest BCUT2D eigenvalue weighted by Gasteiger charge is 2.23. The molecular weight excluding hydrogens is 254 g/mol. The van der Waals surface area contributed by atoms with Crippen molar-refractivity contribution in [1.29, 1.82) is 0 Å². The van der Waals surface area contributed by atoms with Crippen LogP contribution in [0.4, 0.5) is 0 Å². The second-order valence-electron chi connectivity index (χ2n) is 4.82. The van der Waals surface area contributed by atoms with Crippen molar-refractivity contribution in [3.05, 3.63) is 12.3 Å². The Labute approximate surface area is 107 Å². The van der Waals surface area contributed by atoms with Gasteiger partial charge in [-0.1, -0.05) is 0 Å². The van der Waals surface area contributed by atoms with Gasteiger partial charge in [-0.05, 0) is 37.7 Å². The van der Waals surface area contributed by atoms with Gasteiger partial charge >= 0.3 is 0 Å². The number of aryl methyl sites for hydroxylation is 1. The van der Waals surface area contributed by atoms with E-state index in [1.807, 2.05) is 0 Å². The highest BCUT2D eigenvalue weighted by atomic mass is 32.2. The first kappa shape index (κ1) is 13.5. The third-order valence-corrected chi connectivity index (χ3v) is 4.93. The van der Waals surface area contributed by atoms with Crippen LogP contribution < -0.4 is 4.72 Å². The lowest BCUT2D eigenvalue weighted by Gasteiger charge is -2.25. The van der Waals surface area contributed by atoms with E-state index in [4.69, 9.17) is 0 Å². The molecule has 1 aliphatic rings. The molecule has 0 spiro atoms. The lowest BCUT2D eigenvalue weighted by molar-refractivity contribution is 0.109. The van der Waals surface area contributed by atoms with Crippen molar-refractivity contribution in [2.75, 3.05) is 6.54 Å². The third-order valence-electron chi connectivity index (χ3n) is 3.43. The molecule has 1 saturated carbocycles. The topological polar surface area (TPSA) is 84.2 Å². The molecule has 0 radical (unpaired) electrons. The summed E-state index contributed by atoms with van der Waals surface area (Å²) in [7, 11) is -1.87. The van der Waals surface area contributed by atoms with Crippen molar-refractivity contribution in [2.24, 2.45) is 13.0 Å². The largest absolute Gasteiger partial charge is 0.393 e. The van der Waals surface area contributed by atoms with E-state index in [9.17, 15) is 13.5 Å². The van der Waals surface area contributed by atoms with Gasteiger partial charge in [0.15, 0.2) is 5.03 Å². The molecule has 1 aromatic heterocycles. The Morgan fingerprint density at radius 3 is 2.67 bits per heavy atom. The first-order valence-electron chi connectivity index (χ1n) is 6.15. The monoisotopic (exact) mass is 273 g/mol. The second-order valence-corrected chi connectivity index (χ2v) is 6.53. The summed E-state index contributed by atoms with van der Waals surface area (Å²) in [5.41, 5.74) is 0. The van der Waals surface area contributed by atoms with Gasteiger partial charge in [0.1, 0.15) is 0 Å². The van der Waals surface area contributed by atoms with Gasteiger partial charge in [0, 0.05) is 13.6 Å². The summed E-state index contributed by atoms with van der Waals surface area (Å²) < 4.78 is 28.0. The first-order chi connectivity index (χ1) is 8.49. The zero-order chi connectivity index (χ0) is 13.2. The molecule has 0 amide bonds. The fraction of sp³-hybridized carbons (Fsp3) is 0.727. The molecule has 0 aliphatic heterocycles. The molecule has 7 heteroatoms. The van der Waals surface area contributed by atoms with Gasteiger partial charge in [0.05, 0.1) is 12.3 Å². The Balaban J connectivity index is 1.92. The molecule has 1 aliphatic carbocycles. The third kappa shape index (κ3) is 3.09. The van der Waals surface area contributed by atoms with Crippen molar-refractivity contribution in [3.63, 3.8) is 0 Å². The smallest absolute Gasteiger partial charge is 0.257 e. The Morgan fingerprint density at radius 1 is 1.44 bits per heavy atom. The number of nitrogens with zero attached hydrogens (tertiary/aromatic N) is 2. The van der Waals surface area contributed by atoms with Crippen molar-refractivity contribution in [3.8, 4) is 0 Å². The van der Waals surface area contributed by atoms with Gasteiger partial charge in [-0.2, -0.15) is 5.10 Å². The predicted molar refractivity (Wildman–Crippen MR) is 66.4 cm³/mol. The fourth-order valence-corrected chi connectivity index (χ4v) is 3.51. The van der Waals surface area contributed by atoms with Crippen molar-refractivity contribution in [2.45, 2.75) is 36.8 Å². The van der Waals surface area contributed by atoms with Crippen LogP contribution >= 0.6 is 0 Å². The van der Waals surface area contributed by atoms with E-state index in [-0.39, 0.29) is 11.1 Å². The molecule has 1 aromatic rings. The Morgan fingerprint density at radius 2 is 2.11 bits per heavy atom. The minimum atomic E-state index is -3.47. The van der Waals surface area contributed by atoms with Crippen molar-refractivity contribution in [1.82, 2.24) is 14.5 Å². The van der Waals surface area contributed by atoms with Crippen LogP contribution in [0.25, 0.3) is 0 Å². The average molecular weight is 273 g/mol. The second kappa shape index (κ2) is 5.38. The molecule has 6 nitrogen and oxygen atoms in total. The summed E-state index contributed by atoms with van der Waals surface area (Å²) in [5.74, 6) is 0.316. The number of nitrogens with one attached hydrogen (secondary N) is 1. The van der Waals surface area contributed by atoms with Crippen LogP contribution in [0.15, 0.2) is 17.3 Å². The minimum absolute atomic E-state index is 0.179. The van der Waals surface area contributed by atoms with E-state index in [0.717, 1.165) is 25.7 Å². The number of rotatable bonds is 4. The lowest BCUT2D eigenvalue weighted by atomic mass is 9.88. The Bertz CT molecular complexity index is 489. The predicted octanol–water partition coefficient (Wildman–Crippen LogP) is 0.249. The van der Waals surface area contributed by atoms with E-state index >= 15 is 0 Å². The fourth-order valence-electron chi connectivity index (χ4n) is 2.28. The molecule has 0 saturated heterocycles. The summed E-state index contributed by atoms with van der Waals surface area (Å²) in [6.45, 7) is 0.431. The molecule has 0 atom stereocenters. The number of aliphatic hydroxyl groups excluding tert-OH is 1. The van der Waals surface area contributed by atoms with Gasteiger partial charge in [0.2, 0.25) is 0 Å². The van der Waals surface area contributed by atoms with E-state index in [0.29, 0.717) is 12.5 Å². The Kier molecular flexibility index (Phi) is 4.04. The molecule has 0 unspecified atom stereocenters. The SMILES string of the molecule is Cn1nccc1S(=O)(=O)NCC1CCC(O)CC1. The molecule has 0 bridgehead atoms. The molecule has 102 valence electrons. The molecular formula is C11H19N3O3S. The molecule has 2 N–H and O–H groups in total. The van der Waals surface area contributed by atoms with E-state index < -0.39 is 10.0 Å². The van der Waals surface area contributed by atoms with Crippen molar-refractivity contribution >= 4 is 10.0 Å². The van der Waals surface area contributed by atoms with Gasteiger partial charge < -0.3 is 5.11 Å². The quantitative estimate of drug-likeness (QED) is 0.823. The normalized spacial score (nSPS) is 25.2. The Hall–Kier alpha value is -0.920. The molecule has 18 heavy (non-hydrogen) atoms. The molecule has 1 heterocycles. The average Bonchev–Trinajstić information content (AvgIpc) is 2.76. The standard InChI is InChI=1S/C11H19N3O3S/c1-14-11(6-7-12-14)18(16,17)13-8-9-2-4-10(15)5-3-9/h6-7,9-10,13,15H,2-5,8H2,1H3. The summed E-state index contributed by atoms with van der Waals surface area (Å²) in [6, 6.07) is 1.48. The zero-order valence-electron chi connectivity index (χ0n) is 10.4. The van der Waals surface area contributed by atoms with E-state index in [1.165, 1.54) is 16.9 Å². The summed E-state index contributed by atoms with van der Waals surface area (Å²) >= 11 is 0. The van der Waals surface area contributed by atoms with Gasteiger partial charge in [0.25, 0.3) is 10.0 Å². The maximum absolute atomic E-state index is 12.0. The first-order valence-corrected chi connectivity index (χ1v) is 7.63. The number of sulfonamides is 1. The maximum Gasteiger partial charge on any atom is 0.257 e. The van der Waals surface area contributed by atoms with Crippen LogP contribution in [-0.2, 0) is 17.1 Å². The summed E-state index contributed by atoms with van der Waals surface area (Å²) in [6.07, 6.45) is 4.52. The van der Waals surface area contributed by atoms with Gasteiger partial charge in [-0.3, -0.25) is 4.68 Å². The van der Waals surface area contributed by atoms with Gasteiger partial charge in [-0.15, -0.1) is 0 Å². The summed E-state index contributed by atoms with van der Waals surface area (Å²) in [4.78, 5) is 0. The maximum atomic E-state index is 12.0. The number of hydrogen-bond donors (Lipinski definition) is 2. The van der Waals surface area contributed by atoms with Crippen LogP contribution in [0.2, 0.25) is 0 Å². The van der Waals surface area contributed by atoms with E-state index in [1.54, 1.807) is 7.05 Å². The lowest BCUT2D eigenvalue weighted by Crippen LogP contribution is -2.33. The zero-order valence-corrected chi connectivity index (χ0v) is 11.2. The number of aliphatic hydroxyl groups is 1. The summed E-state index contributed by atoms with van der Waals surface area (Å²) in [5, 5.41) is 13.4. The molecule has 0 aromatic carbocycles. The van der Waals surface area contributed by atoms with E-state index in [2.05, 4.69) is 9.82 Å². The minimum Gasteiger partial charge on any atom is -0.393 e. The number of aromatic nitrogens is 2. The van der Waals surface area contributed by atoms with Crippen LogP contribution in [-0.4, -0.2) is 36.0 Å². The van der Waals surface area contributed by atoms with Crippen LogP contribution in [0, 0.1) is 5.92 Å². The van der Waals surface area contributed by atoms with Crippen molar-refractivity contribution < 1.29 is 13.5 Å². The highest BCUT2D eigenvalue weighted by molar-refractivity contribution is 7.89. The number of hydrogen-bond acceptors (Lipinski definition) is 4. The van der Waals surface area contributed by atoms with Crippen LogP contribution in [0.1, 0.15) is 25.7 Å². The van der Waals surface area contributed by atoms with Crippen LogP contribution in [0.5, 0.6) is 0 Å². The van der Waals surface area contributed by atoms with Gasteiger partial charge in [-0.25, -0.2) is 13.1 Å².